The van der Waals surface area contributed by atoms with Gasteiger partial charge in [0, 0.05) is 24.2 Å². The van der Waals surface area contributed by atoms with E-state index in [4.69, 9.17) is 38.4 Å². The number of aromatic nitrogens is 1. The average molecular weight is 402 g/mol. The van der Waals surface area contributed by atoms with Gasteiger partial charge in [0.15, 0.2) is 11.5 Å². The predicted molar refractivity (Wildman–Crippen MR) is 99.7 cm³/mol. The van der Waals surface area contributed by atoms with Gasteiger partial charge in [-0.1, -0.05) is 23.2 Å². The Bertz CT molecular complexity index is 728. The molecule has 3 rings (SSSR count). The smallest absolute Gasteiger partial charge is 0.265 e. The van der Waals surface area contributed by atoms with E-state index in [-0.39, 0.29) is 18.3 Å². The highest BCUT2D eigenvalue weighted by Gasteiger charge is 2.31. The molecule has 1 fully saturated rings. The minimum absolute atomic E-state index is 0.0928. The molecule has 134 valence electrons. The number of rotatable bonds is 5. The summed E-state index contributed by atoms with van der Waals surface area (Å²) in [6.45, 7) is 0.226. The molecule has 1 aromatic heterocycles. The van der Waals surface area contributed by atoms with Crippen molar-refractivity contribution in [2.24, 2.45) is 5.73 Å². The Morgan fingerprint density at radius 3 is 2.68 bits per heavy atom. The molecular formula is C16H17Cl2N3O3S. The third-order valence-corrected chi connectivity index (χ3v) is 5.60. The number of allylic oxidation sites excluding steroid dienone is 1. The molecule has 6 nitrogen and oxygen atoms in total. The van der Waals surface area contributed by atoms with Crippen molar-refractivity contribution in [1.29, 1.82) is 0 Å². The number of methoxy groups -OCH3 is 1. The first-order chi connectivity index (χ1) is 12.0. The van der Waals surface area contributed by atoms with E-state index in [1.165, 1.54) is 12.4 Å². The van der Waals surface area contributed by atoms with Gasteiger partial charge < -0.3 is 20.1 Å². The molecule has 3 heterocycles. The summed E-state index contributed by atoms with van der Waals surface area (Å²) in [5.74, 6) is 2.45. The predicted octanol–water partition coefficient (Wildman–Crippen LogP) is 2.96. The molecule has 2 aliphatic rings. The summed E-state index contributed by atoms with van der Waals surface area (Å²) in [6, 6.07) is 0. The Morgan fingerprint density at radius 2 is 2.12 bits per heavy atom. The number of anilines is 1. The molecule has 0 spiro atoms. The van der Waals surface area contributed by atoms with Crippen LogP contribution in [0.15, 0.2) is 35.7 Å². The minimum Gasteiger partial charge on any atom is -0.495 e. The highest BCUT2D eigenvalue weighted by Crippen LogP contribution is 2.38. The molecule has 1 amide bonds. The lowest BCUT2D eigenvalue weighted by atomic mass is 10.1. The second-order valence-electron chi connectivity index (χ2n) is 5.53. The summed E-state index contributed by atoms with van der Waals surface area (Å²) < 4.78 is 11.5. The Labute approximate surface area is 159 Å². The van der Waals surface area contributed by atoms with Crippen LogP contribution in [0.25, 0.3) is 0 Å². The summed E-state index contributed by atoms with van der Waals surface area (Å²) in [5.41, 5.74) is 6.26. The van der Waals surface area contributed by atoms with E-state index >= 15 is 0 Å². The van der Waals surface area contributed by atoms with Gasteiger partial charge >= 0.3 is 0 Å². The zero-order valence-corrected chi connectivity index (χ0v) is 15.8. The molecule has 1 atom stereocenters. The molecule has 2 N–H and O–H groups in total. The number of carbonyl (C=O) groups excluding carboxylic acids is 1. The fraction of sp³-hybridized carbons (Fsp3) is 0.375. The molecule has 0 aliphatic carbocycles. The van der Waals surface area contributed by atoms with E-state index in [1.54, 1.807) is 18.1 Å². The normalized spacial score (nSPS) is 20.5. The van der Waals surface area contributed by atoms with Crippen LogP contribution in [0.5, 0.6) is 0 Å². The lowest BCUT2D eigenvalue weighted by Gasteiger charge is -2.32. The van der Waals surface area contributed by atoms with Crippen molar-refractivity contribution in [2.75, 3.05) is 30.1 Å². The lowest BCUT2D eigenvalue weighted by molar-refractivity contribution is -0.114. The third-order valence-electron chi connectivity index (χ3n) is 3.91. The molecule has 0 radical (unpaired) electrons. The van der Waals surface area contributed by atoms with Gasteiger partial charge in [0.2, 0.25) is 0 Å². The molecule has 1 aromatic rings. The molecule has 25 heavy (non-hydrogen) atoms. The summed E-state index contributed by atoms with van der Waals surface area (Å²) >= 11 is 14.3. The van der Waals surface area contributed by atoms with Crippen molar-refractivity contribution in [3.8, 4) is 0 Å². The summed E-state index contributed by atoms with van der Waals surface area (Å²) in [4.78, 5) is 17.6. The molecule has 0 bridgehead atoms. The second-order valence-corrected chi connectivity index (χ2v) is 7.49. The molecule has 0 saturated carbocycles. The van der Waals surface area contributed by atoms with Crippen molar-refractivity contribution in [3.05, 3.63) is 45.7 Å². The highest BCUT2D eigenvalue weighted by atomic mass is 35.5. The van der Waals surface area contributed by atoms with Crippen molar-refractivity contribution < 1.29 is 14.3 Å². The number of pyridine rings is 1. The first-order valence-corrected chi connectivity index (χ1v) is 9.52. The number of amides is 1. The number of nitrogens with zero attached hydrogens (tertiary/aromatic N) is 2. The van der Waals surface area contributed by atoms with Gasteiger partial charge in [0.05, 0.1) is 29.4 Å². The third kappa shape index (κ3) is 3.83. The van der Waals surface area contributed by atoms with E-state index in [0.29, 0.717) is 27.3 Å². The average Bonchev–Trinajstić information content (AvgIpc) is 3.08. The molecule has 2 aliphatic heterocycles. The highest BCUT2D eigenvalue weighted by molar-refractivity contribution is 7.99. The fourth-order valence-corrected chi connectivity index (χ4v) is 4.37. The van der Waals surface area contributed by atoms with Gasteiger partial charge in [-0.25, -0.2) is 0 Å². The van der Waals surface area contributed by atoms with Gasteiger partial charge in [-0.15, -0.1) is 0 Å². The maximum Gasteiger partial charge on any atom is 0.265 e. The first-order valence-electron chi connectivity index (χ1n) is 7.60. The van der Waals surface area contributed by atoms with Crippen LogP contribution in [0.2, 0.25) is 10.0 Å². The van der Waals surface area contributed by atoms with Gasteiger partial charge in [-0.05, 0) is 12.2 Å². The van der Waals surface area contributed by atoms with Crippen molar-refractivity contribution in [2.45, 2.75) is 12.5 Å². The molecule has 9 heteroatoms. The summed E-state index contributed by atoms with van der Waals surface area (Å²) in [7, 11) is 1.55. The molecular weight excluding hydrogens is 385 g/mol. The van der Waals surface area contributed by atoms with Crippen LogP contribution in [-0.2, 0) is 14.3 Å². The van der Waals surface area contributed by atoms with Crippen LogP contribution in [0.4, 0.5) is 5.69 Å². The van der Waals surface area contributed by atoms with Crippen LogP contribution in [0.1, 0.15) is 6.42 Å². The SMILES string of the molecule is COC1=C(OC2CCSC2)C=C(C(N)=O)N(c2c(Cl)cncc2Cl)C1. The van der Waals surface area contributed by atoms with Crippen LogP contribution in [0, 0.1) is 0 Å². The Balaban J connectivity index is 1.99. The Hall–Kier alpha value is -1.57. The van der Waals surface area contributed by atoms with E-state index < -0.39 is 5.91 Å². The minimum atomic E-state index is -0.610. The van der Waals surface area contributed by atoms with Gasteiger partial charge in [-0.3, -0.25) is 9.78 Å². The number of ether oxygens (including phenoxy) is 2. The quantitative estimate of drug-likeness (QED) is 0.816. The largest absolute Gasteiger partial charge is 0.495 e. The number of halogens is 2. The second kappa shape index (κ2) is 7.76. The summed E-state index contributed by atoms with van der Waals surface area (Å²) in [5, 5.41) is 0.623. The fourth-order valence-electron chi connectivity index (χ4n) is 2.71. The first kappa shape index (κ1) is 18.2. The molecule has 1 unspecified atom stereocenters. The van der Waals surface area contributed by atoms with Crippen molar-refractivity contribution >= 4 is 46.6 Å². The van der Waals surface area contributed by atoms with Crippen LogP contribution in [0.3, 0.4) is 0 Å². The van der Waals surface area contributed by atoms with E-state index in [0.717, 1.165) is 17.9 Å². The number of primary amides is 1. The Kier molecular flexibility index (Phi) is 5.66. The zero-order valence-electron chi connectivity index (χ0n) is 13.5. The number of carbonyl (C=O) groups is 1. The van der Waals surface area contributed by atoms with Crippen molar-refractivity contribution in [1.82, 2.24) is 4.98 Å². The number of nitrogens with two attached hydrogens (primary N) is 1. The van der Waals surface area contributed by atoms with Crippen LogP contribution in [-0.4, -0.2) is 42.2 Å². The number of hydrogen-bond acceptors (Lipinski definition) is 6. The topological polar surface area (TPSA) is 77.7 Å². The maximum absolute atomic E-state index is 12.0. The van der Waals surface area contributed by atoms with Crippen LogP contribution >= 0.6 is 35.0 Å². The number of thioether (sulfide) groups is 1. The molecule has 0 aromatic carbocycles. The lowest BCUT2D eigenvalue weighted by Crippen LogP contribution is -2.37. The standard InChI is InChI=1S/C16H17Cl2N3O3S/c1-23-14-7-21(15-10(17)5-20-6-11(15)18)12(16(19)22)4-13(14)24-9-2-3-25-8-9/h4-6,9H,2-3,7-8H2,1H3,(H2,19,22). The zero-order chi connectivity index (χ0) is 18.0. The monoisotopic (exact) mass is 401 g/mol. The molecule has 1 saturated heterocycles. The van der Waals surface area contributed by atoms with E-state index in [2.05, 4.69) is 4.98 Å². The summed E-state index contributed by atoms with van der Waals surface area (Å²) in [6.07, 6.45) is 5.55. The Morgan fingerprint density at radius 1 is 1.40 bits per heavy atom. The maximum atomic E-state index is 12.0. The van der Waals surface area contributed by atoms with Gasteiger partial charge in [-0.2, -0.15) is 11.8 Å². The number of hydrogen-bond donors (Lipinski definition) is 1. The van der Waals surface area contributed by atoms with E-state index in [9.17, 15) is 4.79 Å². The van der Waals surface area contributed by atoms with E-state index in [1.807, 2.05) is 11.8 Å². The van der Waals surface area contributed by atoms with Gasteiger partial charge in [0.25, 0.3) is 5.91 Å². The van der Waals surface area contributed by atoms with Gasteiger partial charge in [0.1, 0.15) is 11.8 Å². The van der Waals surface area contributed by atoms with Crippen molar-refractivity contribution in [3.63, 3.8) is 0 Å². The van der Waals surface area contributed by atoms with Crippen LogP contribution < -0.4 is 10.6 Å².